The third-order valence-electron chi connectivity index (χ3n) is 3.51. The van der Waals surface area contributed by atoms with Crippen LogP contribution in [0.4, 0.5) is 0 Å². The predicted octanol–water partition coefficient (Wildman–Crippen LogP) is 2.13. The average molecular weight is 300 g/mol. The zero-order valence-electron chi connectivity index (χ0n) is 11.7. The van der Waals surface area contributed by atoms with Crippen molar-refractivity contribution < 1.29 is 8.42 Å². The largest absolute Gasteiger partial charge is 0.389 e. The maximum Gasteiger partial charge on any atom is 0.244 e. The minimum atomic E-state index is -3.62. The quantitative estimate of drug-likeness (QED) is 0.846. The summed E-state index contributed by atoms with van der Waals surface area (Å²) in [5.41, 5.74) is 5.52. The van der Waals surface area contributed by atoms with Crippen LogP contribution in [0.25, 0.3) is 0 Å². The minimum Gasteiger partial charge on any atom is -0.389 e. The first-order chi connectivity index (χ1) is 8.64. The van der Waals surface area contributed by atoms with Gasteiger partial charge in [0.25, 0.3) is 0 Å². The molecule has 19 heavy (non-hydrogen) atoms. The molecular formula is C13H20N2O2S2. The number of sulfonamides is 1. The maximum atomic E-state index is 12.7. The van der Waals surface area contributed by atoms with Crippen LogP contribution >= 0.6 is 12.2 Å². The van der Waals surface area contributed by atoms with Crippen molar-refractivity contribution in [2.75, 3.05) is 7.05 Å². The summed E-state index contributed by atoms with van der Waals surface area (Å²) in [6, 6.07) is 6.55. The Balaban J connectivity index is 3.41. The number of nitrogens with zero attached hydrogens (tertiary/aromatic N) is 1. The molecule has 0 bridgehead atoms. The molecule has 0 amide bonds. The van der Waals surface area contributed by atoms with Crippen LogP contribution in [0.15, 0.2) is 29.2 Å². The first-order valence-electron chi connectivity index (χ1n) is 6.02. The van der Waals surface area contributed by atoms with E-state index in [4.69, 9.17) is 18.0 Å². The molecule has 0 unspecified atom stereocenters. The topological polar surface area (TPSA) is 63.4 Å². The molecule has 0 fully saturated rings. The van der Waals surface area contributed by atoms with Gasteiger partial charge in [-0.2, -0.15) is 4.31 Å². The third-order valence-corrected chi connectivity index (χ3v) is 5.86. The molecule has 0 aliphatic heterocycles. The van der Waals surface area contributed by atoms with Gasteiger partial charge in [-0.3, -0.25) is 0 Å². The summed E-state index contributed by atoms with van der Waals surface area (Å²) in [5, 5.41) is 0. The molecule has 0 saturated carbocycles. The molecule has 1 aromatic rings. The van der Waals surface area contributed by atoms with Crippen LogP contribution in [0.3, 0.4) is 0 Å². The molecule has 0 saturated heterocycles. The maximum absolute atomic E-state index is 12.7. The van der Waals surface area contributed by atoms with Crippen LogP contribution in [0.2, 0.25) is 0 Å². The number of hydrogen-bond acceptors (Lipinski definition) is 3. The second kappa shape index (κ2) is 5.56. The fourth-order valence-corrected chi connectivity index (χ4v) is 3.61. The molecular weight excluding hydrogens is 280 g/mol. The highest BCUT2D eigenvalue weighted by Crippen LogP contribution is 2.27. The predicted molar refractivity (Wildman–Crippen MR) is 81.6 cm³/mol. The van der Waals surface area contributed by atoms with E-state index < -0.39 is 15.6 Å². The fraction of sp³-hybridized carbons (Fsp3) is 0.462. The highest BCUT2D eigenvalue weighted by molar-refractivity contribution is 7.89. The van der Waals surface area contributed by atoms with E-state index in [1.165, 1.54) is 10.4 Å². The lowest BCUT2D eigenvalue weighted by molar-refractivity contribution is 0.257. The lowest BCUT2D eigenvalue weighted by atomic mass is 10.0. The number of benzene rings is 1. The van der Waals surface area contributed by atoms with Crippen molar-refractivity contribution in [1.29, 1.82) is 0 Å². The number of rotatable bonds is 5. The minimum absolute atomic E-state index is 0.0851. The highest BCUT2D eigenvalue weighted by Gasteiger charge is 2.34. The molecule has 0 radical (unpaired) electrons. The van der Waals surface area contributed by atoms with E-state index in [1.807, 2.05) is 20.8 Å². The Morgan fingerprint density at radius 2 is 1.89 bits per heavy atom. The van der Waals surface area contributed by atoms with Gasteiger partial charge in [0, 0.05) is 18.2 Å². The van der Waals surface area contributed by atoms with Crippen molar-refractivity contribution in [1.82, 2.24) is 4.31 Å². The summed E-state index contributed by atoms with van der Waals surface area (Å²) in [7, 11) is -2.04. The van der Waals surface area contributed by atoms with E-state index in [2.05, 4.69) is 0 Å². The number of thiocarbonyl (C=S) groups is 1. The molecule has 4 nitrogen and oxygen atoms in total. The van der Waals surface area contributed by atoms with Gasteiger partial charge >= 0.3 is 0 Å². The van der Waals surface area contributed by atoms with Crippen LogP contribution in [0.5, 0.6) is 0 Å². The third kappa shape index (κ3) is 3.13. The molecule has 0 aromatic heterocycles. The molecule has 0 heterocycles. The first kappa shape index (κ1) is 16.1. The first-order valence-corrected chi connectivity index (χ1v) is 7.87. The van der Waals surface area contributed by atoms with Gasteiger partial charge in [0.1, 0.15) is 4.99 Å². The average Bonchev–Trinajstić information content (AvgIpc) is 2.37. The van der Waals surface area contributed by atoms with Crippen molar-refractivity contribution in [2.24, 2.45) is 5.73 Å². The van der Waals surface area contributed by atoms with E-state index in [0.717, 1.165) is 0 Å². The van der Waals surface area contributed by atoms with Crippen molar-refractivity contribution in [3.8, 4) is 0 Å². The number of nitrogens with two attached hydrogens (primary N) is 1. The van der Waals surface area contributed by atoms with Crippen molar-refractivity contribution in [3.05, 3.63) is 29.8 Å². The summed E-state index contributed by atoms with van der Waals surface area (Å²) in [5.74, 6) is 0. The Morgan fingerprint density at radius 3 is 2.37 bits per heavy atom. The highest BCUT2D eigenvalue weighted by atomic mass is 32.2. The normalized spacial score (nSPS) is 12.7. The van der Waals surface area contributed by atoms with E-state index in [-0.39, 0.29) is 9.88 Å². The lowest BCUT2D eigenvalue weighted by Crippen LogP contribution is -2.44. The van der Waals surface area contributed by atoms with Gasteiger partial charge in [-0.05, 0) is 26.3 Å². The monoisotopic (exact) mass is 300 g/mol. The zero-order valence-corrected chi connectivity index (χ0v) is 13.3. The second-order valence-electron chi connectivity index (χ2n) is 5.00. The number of hydrogen-bond donors (Lipinski definition) is 1. The Kier molecular flexibility index (Phi) is 4.71. The van der Waals surface area contributed by atoms with Crippen LogP contribution < -0.4 is 5.73 Å². The van der Waals surface area contributed by atoms with E-state index >= 15 is 0 Å². The Labute approximate surface area is 120 Å². The van der Waals surface area contributed by atoms with Crippen LogP contribution in [-0.4, -0.2) is 30.3 Å². The second-order valence-corrected chi connectivity index (χ2v) is 7.38. The summed E-state index contributed by atoms with van der Waals surface area (Å²) in [6.07, 6.45) is 0.706. The van der Waals surface area contributed by atoms with Crippen molar-refractivity contribution in [3.63, 3.8) is 0 Å². The van der Waals surface area contributed by atoms with Gasteiger partial charge in [-0.1, -0.05) is 37.3 Å². The van der Waals surface area contributed by atoms with E-state index in [1.54, 1.807) is 25.2 Å². The standard InChI is InChI=1S/C13H20N2O2S2/c1-5-13(2,3)15(4)19(16,17)11-9-7-6-8-10(11)12(14)18/h6-9H,5H2,1-4H3,(H2,14,18). The molecule has 2 N–H and O–H groups in total. The smallest absolute Gasteiger partial charge is 0.244 e. The summed E-state index contributed by atoms with van der Waals surface area (Å²) in [6.45, 7) is 5.72. The molecule has 1 rings (SSSR count). The Bertz CT molecular complexity index is 580. The summed E-state index contributed by atoms with van der Waals surface area (Å²) < 4.78 is 26.7. The summed E-state index contributed by atoms with van der Waals surface area (Å²) in [4.78, 5) is 0.244. The lowest BCUT2D eigenvalue weighted by Gasteiger charge is -2.34. The zero-order chi connectivity index (χ0) is 14.8. The molecule has 0 atom stereocenters. The van der Waals surface area contributed by atoms with E-state index in [9.17, 15) is 8.42 Å². The van der Waals surface area contributed by atoms with Gasteiger partial charge in [0.2, 0.25) is 10.0 Å². The van der Waals surface area contributed by atoms with Crippen LogP contribution in [0, 0.1) is 0 Å². The summed E-state index contributed by atoms with van der Waals surface area (Å²) >= 11 is 4.92. The molecule has 6 heteroatoms. The molecule has 106 valence electrons. The van der Waals surface area contributed by atoms with Gasteiger partial charge in [0.05, 0.1) is 4.90 Å². The molecule has 1 aromatic carbocycles. The molecule has 0 aliphatic carbocycles. The van der Waals surface area contributed by atoms with Crippen molar-refractivity contribution in [2.45, 2.75) is 37.6 Å². The van der Waals surface area contributed by atoms with Gasteiger partial charge in [0.15, 0.2) is 0 Å². The van der Waals surface area contributed by atoms with E-state index in [0.29, 0.717) is 12.0 Å². The van der Waals surface area contributed by atoms with Crippen molar-refractivity contribution >= 4 is 27.2 Å². The molecule has 0 aliphatic rings. The van der Waals surface area contributed by atoms with Crippen LogP contribution in [0.1, 0.15) is 32.8 Å². The Hall–Kier alpha value is -0.980. The molecule has 0 spiro atoms. The van der Waals surface area contributed by atoms with Gasteiger partial charge in [-0.15, -0.1) is 0 Å². The van der Waals surface area contributed by atoms with Crippen LogP contribution in [-0.2, 0) is 10.0 Å². The Morgan fingerprint density at radius 1 is 1.37 bits per heavy atom. The SMILES string of the molecule is CCC(C)(C)N(C)S(=O)(=O)c1ccccc1C(N)=S. The van der Waals surface area contributed by atoms with Gasteiger partial charge < -0.3 is 5.73 Å². The fourth-order valence-electron chi connectivity index (χ4n) is 1.59. The van der Waals surface area contributed by atoms with Gasteiger partial charge in [-0.25, -0.2) is 8.42 Å².